The fourth-order valence-electron chi connectivity index (χ4n) is 4.22. The molecule has 0 aliphatic heterocycles. The lowest BCUT2D eigenvalue weighted by molar-refractivity contribution is -0.654. The van der Waals surface area contributed by atoms with Gasteiger partial charge in [0.15, 0.2) is 5.82 Å². The summed E-state index contributed by atoms with van der Waals surface area (Å²) in [5.41, 5.74) is 3.20. The first-order valence-electron chi connectivity index (χ1n) is 9.35. The van der Waals surface area contributed by atoms with Gasteiger partial charge < -0.3 is 4.70 Å². The van der Waals surface area contributed by atoms with Crippen molar-refractivity contribution < 1.29 is 26.6 Å². The number of rotatable bonds is 3. The minimum atomic E-state index is -3.67. The maximum Gasteiger partial charge on any atom is 0.762 e. The van der Waals surface area contributed by atoms with E-state index in [9.17, 15) is 17.3 Å². The molecule has 1 nitrogen and oxygen atoms in total. The summed E-state index contributed by atoms with van der Waals surface area (Å²) in [6.07, 6.45) is 15.7. The normalized spacial score (nSPS) is 18.7. The number of pyridine rings is 1. The van der Waals surface area contributed by atoms with Gasteiger partial charge in [-0.15, -0.1) is 0 Å². The quantitative estimate of drug-likeness (QED) is 0.320. The topological polar surface area (TPSA) is 3.88 Å². The average Bonchev–Trinajstić information content (AvgIpc) is 2.59. The molecule has 2 aliphatic rings. The second-order valence-electron chi connectivity index (χ2n) is 7.05. The van der Waals surface area contributed by atoms with Crippen molar-refractivity contribution in [1.82, 2.24) is 0 Å². The third-order valence-corrected chi connectivity index (χ3v) is 8.87. The molecule has 0 radical (unpaired) electrons. The van der Waals surface area contributed by atoms with E-state index >= 15 is 0 Å². The summed E-state index contributed by atoms with van der Waals surface area (Å²) in [6.45, 7) is 0. The van der Waals surface area contributed by atoms with Crippen LogP contribution in [-0.2, 0) is 7.05 Å². The van der Waals surface area contributed by atoms with Crippen molar-refractivity contribution >= 4 is 20.9 Å². The third-order valence-electron chi connectivity index (χ3n) is 5.27. The highest BCUT2D eigenvalue weighted by molar-refractivity contribution is 7.66. The summed E-state index contributed by atoms with van der Waals surface area (Å²) >= 11 is 0. The number of hydrogen-bond donors (Lipinski definition) is 0. The fraction of sp³-hybridized carbons (Fsp3) is 0.722. The Kier molecular flexibility index (Phi) is 10.7. The Morgan fingerprint density at radius 1 is 0.885 bits per heavy atom. The van der Waals surface area contributed by atoms with Gasteiger partial charge in [0.2, 0.25) is 11.6 Å². The average molecular weight is 395 g/mol. The van der Waals surface area contributed by atoms with Gasteiger partial charge >= 0.3 is 7.54 Å². The minimum absolute atomic E-state index is 0. The van der Waals surface area contributed by atoms with Crippen LogP contribution in [0.5, 0.6) is 0 Å². The predicted molar refractivity (Wildman–Crippen MR) is 97.0 cm³/mol. The first-order chi connectivity index (χ1) is 12.0. The minimum Gasteiger partial charge on any atom is -1.00 e. The van der Waals surface area contributed by atoms with Crippen LogP contribution in [0.1, 0.15) is 64.2 Å². The zero-order chi connectivity index (χ0) is 18.2. The summed E-state index contributed by atoms with van der Waals surface area (Å²) in [5, 5.41) is 0. The van der Waals surface area contributed by atoms with Crippen molar-refractivity contribution in [2.45, 2.75) is 75.5 Å². The van der Waals surface area contributed by atoms with Crippen LogP contribution in [0, 0.1) is 5.82 Å². The molecule has 0 unspecified atom stereocenters. The molecular weight excluding hydrogens is 367 g/mol. The first-order valence-corrected chi connectivity index (χ1v) is 10.8. The van der Waals surface area contributed by atoms with Gasteiger partial charge in [-0.05, 0) is 43.1 Å². The van der Waals surface area contributed by atoms with Gasteiger partial charge in [0.05, 0.1) is 0 Å². The second kappa shape index (κ2) is 11.9. The molecule has 8 heteroatoms. The van der Waals surface area contributed by atoms with Crippen LogP contribution >= 0.6 is 7.92 Å². The second-order valence-corrected chi connectivity index (χ2v) is 9.79. The third kappa shape index (κ3) is 7.13. The summed E-state index contributed by atoms with van der Waals surface area (Å²) < 4.78 is 44.6. The number of hydrogen-bond acceptors (Lipinski definition) is 0. The monoisotopic (exact) mass is 395 g/mol. The Morgan fingerprint density at radius 2 is 1.31 bits per heavy atom. The molecule has 1 aromatic rings. The van der Waals surface area contributed by atoms with Gasteiger partial charge in [0, 0.05) is 14.0 Å². The Balaban J connectivity index is 0.000000616. The smallest absolute Gasteiger partial charge is 0.762 e. The number of aromatic nitrogens is 1. The highest BCUT2D eigenvalue weighted by atomic mass is 31.1. The Labute approximate surface area is 154 Å². The molecule has 3 rings (SSSR count). The van der Waals surface area contributed by atoms with Crippen molar-refractivity contribution in [2.24, 2.45) is 7.05 Å². The lowest BCUT2D eigenvalue weighted by atomic mass is 9.99. The Bertz CT molecular complexity index is 502. The van der Waals surface area contributed by atoms with Crippen LogP contribution < -0.4 is 14.7 Å². The van der Waals surface area contributed by atoms with E-state index in [1.807, 2.05) is 7.05 Å². The van der Waals surface area contributed by atoms with E-state index in [4.69, 9.17) is 0 Å². The number of aryl methyl sites for hydroxylation is 1. The molecule has 0 aromatic carbocycles. The Morgan fingerprint density at radius 3 is 1.69 bits per heavy atom. The zero-order valence-electron chi connectivity index (χ0n) is 15.3. The zero-order valence-corrected chi connectivity index (χ0v) is 16.2. The highest BCUT2D eigenvalue weighted by Crippen LogP contribution is 2.54. The van der Waals surface area contributed by atoms with Gasteiger partial charge in [-0.1, -0.05) is 38.5 Å². The van der Waals surface area contributed by atoms with Crippen LogP contribution in [0.3, 0.4) is 0 Å². The van der Waals surface area contributed by atoms with Gasteiger partial charge in [0.1, 0.15) is 7.05 Å². The molecule has 1 aromatic heterocycles. The maximum absolute atomic E-state index is 13.5. The lowest BCUT2D eigenvalue weighted by Gasteiger charge is -2.36. The molecule has 148 valence electrons. The molecular formula is C18H28BF5NP. The summed E-state index contributed by atoms with van der Waals surface area (Å²) in [5.74, 6) is -0.108. The summed E-state index contributed by atoms with van der Waals surface area (Å²) in [6, 6.07) is 3.76. The fourth-order valence-corrected chi connectivity index (χ4v) is 8.08. The predicted octanol–water partition coefficient (Wildman–Crippen LogP) is 2.31. The molecule has 26 heavy (non-hydrogen) atoms. The van der Waals surface area contributed by atoms with Gasteiger partial charge in [-0.3, -0.25) is 12.9 Å². The maximum atomic E-state index is 13.5. The summed E-state index contributed by atoms with van der Waals surface area (Å²) in [7, 11) is -1.75. The van der Waals surface area contributed by atoms with E-state index in [0.29, 0.717) is 0 Å². The van der Waals surface area contributed by atoms with E-state index in [2.05, 4.69) is 10.6 Å². The van der Waals surface area contributed by atoms with Gasteiger partial charge in [0.25, 0.3) is 0 Å². The van der Waals surface area contributed by atoms with E-state index < -0.39 is 7.54 Å². The standard InChI is InChI=1S/C18H28FNP.BF3.FH/c1-20-14-15(19)12-13-18(20)21(16-8-4-2-5-9-16)17-10-6-3-7-11-17;2-1(3)4;/h12-14,16-17H,2-11H2,1H3;;1H/q+1;;/p-1. The molecule has 0 bridgehead atoms. The van der Waals surface area contributed by atoms with Crippen molar-refractivity contribution in [3.05, 3.63) is 24.1 Å². The van der Waals surface area contributed by atoms with E-state index in [0.717, 1.165) is 11.3 Å². The van der Waals surface area contributed by atoms with Crippen LogP contribution in [0.15, 0.2) is 18.3 Å². The van der Waals surface area contributed by atoms with Crippen LogP contribution in [0.4, 0.5) is 17.3 Å². The molecule has 0 amide bonds. The SMILES string of the molecule is C[n+]1cc(F)ccc1P(C1CCCCC1)C1CCCCC1.FB(F)F.[F-]. The van der Waals surface area contributed by atoms with Crippen molar-refractivity contribution in [3.63, 3.8) is 0 Å². The highest BCUT2D eigenvalue weighted by Gasteiger charge is 2.36. The lowest BCUT2D eigenvalue weighted by Crippen LogP contribution is -3.00. The molecule has 2 saturated carbocycles. The van der Waals surface area contributed by atoms with Gasteiger partial charge in [-0.2, -0.15) is 4.57 Å². The van der Waals surface area contributed by atoms with E-state index in [1.54, 1.807) is 12.3 Å². The Hall–Kier alpha value is -0.705. The molecule has 0 saturated heterocycles. The van der Waals surface area contributed by atoms with Crippen LogP contribution in [-0.4, -0.2) is 18.9 Å². The number of halogens is 5. The molecule has 2 fully saturated rings. The van der Waals surface area contributed by atoms with E-state index in [1.165, 1.54) is 69.6 Å². The van der Waals surface area contributed by atoms with E-state index in [-0.39, 0.29) is 18.4 Å². The van der Waals surface area contributed by atoms with Crippen molar-refractivity contribution in [1.29, 1.82) is 0 Å². The van der Waals surface area contributed by atoms with Gasteiger partial charge in [-0.25, -0.2) is 4.39 Å². The molecule has 0 N–H and O–H groups in total. The first kappa shape index (κ1) is 23.3. The molecule has 2 aliphatic carbocycles. The largest absolute Gasteiger partial charge is 1.00 e. The molecule has 0 atom stereocenters. The van der Waals surface area contributed by atoms with Crippen LogP contribution in [0.2, 0.25) is 0 Å². The van der Waals surface area contributed by atoms with Crippen molar-refractivity contribution in [3.8, 4) is 0 Å². The van der Waals surface area contributed by atoms with Crippen LogP contribution in [0.25, 0.3) is 0 Å². The summed E-state index contributed by atoms with van der Waals surface area (Å²) in [4.78, 5) is 0. The number of nitrogens with zero attached hydrogens (tertiary/aromatic N) is 1. The molecule has 0 spiro atoms. The van der Waals surface area contributed by atoms with Crippen molar-refractivity contribution in [2.75, 3.05) is 0 Å². The molecule has 1 heterocycles.